The van der Waals surface area contributed by atoms with Gasteiger partial charge >= 0.3 is 0 Å². The molecule has 1 aromatic rings. The zero-order chi connectivity index (χ0) is 15.1. The van der Waals surface area contributed by atoms with E-state index in [2.05, 4.69) is 16.7 Å². The van der Waals surface area contributed by atoms with E-state index in [1.54, 1.807) is 7.11 Å². The molecule has 21 heavy (non-hydrogen) atoms. The average Bonchev–Trinajstić information content (AvgIpc) is 2.91. The number of methoxy groups -OCH3 is 1. The largest absolute Gasteiger partial charge is 0.484 e. The van der Waals surface area contributed by atoms with Gasteiger partial charge in [0.05, 0.1) is 0 Å². The first-order valence-electron chi connectivity index (χ1n) is 7.43. The Labute approximate surface area is 126 Å². The zero-order valence-corrected chi connectivity index (χ0v) is 12.8. The summed E-state index contributed by atoms with van der Waals surface area (Å²) in [6.45, 7) is 1.32. The molecule has 0 saturated carbocycles. The van der Waals surface area contributed by atoms with Crippen LogP contribution in [0.2, 0.25) is 0 Å². The Kier molecular flexibility index (Phi) is 6.02. The van der Waals surface area contributed by atoms with Crippen LogP contribution in [-0.2, 0) is 16.0 Å². The number of hydrogen-bond acceptors (Lipinski definition) is 4. The van der Waals surface area contributed by atoms with Crippen LogP contribution in [0.15, 0.2) is 18.2 Å². The normalized spacial score (nSPS) is 16.6. The maximum atomic E-state index is 11.6. The maximum absolute atomic E-state index is 11.6. The highest BCUT2D eigenvalue weighted by molar-refractivity contribution is 5.77. The Balaban J connectivity index is 1.78. The van der Waals surface area contributed by atoms with Gasteiger partial charge in [-0.1, -0.05) is 6.07 Å². The first-order chi connectivity index (χ1) is 10.2. The van der Waals surface area contributed by atoms with Gasteiger partial charge in [-0.05, 0) is 49.6 Å². The van der Waals surface area contributed by atoms with Crippen molar-refractivity contribution in [2.24, 2.45) is 0 Å². The van der Waals surface area contributed by atoms with Gasteiger partial charge in [-0.3, -0.25) is 4.79 Å². The first kappa shape index (κ1) is 15.8. The second kappa shape index (κ2) is 8.00. The number of amides is 1. The molecule has 0 aromatic heterocycles. The molecule has 0 bridgehead atoms. The van der Waals surface area contributed by atoms with Crippen LogP contribution >= 0.6 is 0 Å². The molecule has 2 N–H and O–H groups in total. The summed E-state index contributed by atoms with van der Waals surface area (Å²) in [5.41, 5.74) is 2.65. The van der Waals surface area contributed by atoms with E-state index >= 15 is 0 Å². The molecule has 0 radical (unpaired) electrons. The minimum Gasteiger partial charge on any atom is -0.484 e. The van der Waals surface area contributed by atoms with Crippen LogP contribution in [0.25, 0.3) is 0 Å². The highest BCUT2D eigenvalue weighted by Crippen LogP contribution is 2.33. The smallest absolute Gasteiger partial charge is 0.257 e. The second-order valence-corrected chi connectivity index (χ2v) is 5.23. The summed E-state index contributed by atoms with van der Waals surface area (Å²) in [5, 5.41) is 6.11. The first-order valence-corrected chi connectivity index (χ1v) is 7.43. The van der Waals surface area contributed by atoms with Crippen LogP contribution in [0, 0.1) is 0 Å². The molecule has 1 atom stereocenters. The highest BCUT2D eigenvalue weighted by Gasteiger charge is 2.21. The van der Waals surface area contributed by atoms with Gasteiger partial charge in [0, 0.05) is 26.3 Å². The van der Waals surface area contributed by atoms with Crippen LogP contribution in [0.4, 0.5) is 0 Å². The standard InChI is InChI=1S/C16H24N2O3/c1-17-15-7-4-12-10-13(5-6-14(12)15)21-11-16(19)18-8-3-9-20-2/h5-6,10,15,17H,3-4,7-9,11H2,1-2H3,(H,18,19). The van der Waals surface area contributed by atoms with Crippen molar-refractivity contribution in [2.45, 2.75) is 25.3 Å². The van der Waals surface area contributed by atoms with Gasteiger partial charge in [-0.2, -0.15) is 0 Å². The van der Waals surface area contributed by atoms with E-state index in [0.29, 0.717) is 19.2 Å². The van der Waals surface area contributed by atoms with Gasteiger partial charge in [-0.15, -0.1) is 0 Å². The Bertz CT molecular complexity index is 477. The van der Waals surface area contributed by atoms with E-state index in [1.165, 1.54) is 11.1 Å². The van der Waals surface area contributed by atoms with Gasteiger partial charge in [0.15, 0.2) is 6.61 Å². The third-order valence-electron chi connectivity index (χ3n) is 3.76. The summed E-state index contributed by atoms with van der Waals surface area (Å²) in [6.07, 6.45) is 2.99. The lowest BCUT2D eigenvalue weighted by molar-refractivity contribution is -0.123. The van der Waals surface area contributed by atoms with E-state index in [1.807, 2.05) is 19.2 Å². The van der Waals surface area contributed by atoms with Gasteiger partial charge in [-0.25, -0.2) is 0 Å². The number of nitrogens with one attached hydrogen (secondary N) is 2. The van der Waals surface area contributed by atoms with Crippen molar-refractivity contribution in [3.8, 4) is 5.75 Å². The molecular weight excluding hydrogens is 268 g/mol. The van der Waals surface area contributed by atoms with Crippen LogP contribution in [0.1, 0.15) is 30.0 Å². The molecule has 1 aliphatic rings. The molecule has 5 heteroatoms. The molecular formula is C16H24N2O3. The molecule has 0 aliphatic heterocycles. The lowest BCUT2D eigenvalue weighted by atomic mass is 10.1. The average molecular weight is 292 g/mol. The van der Waals surface area contributed by atoms with Crippen molar-refractivity contribution < 1.29 is 14.3 Å². The lowest BCUT2D eigenvalue weighted by Crippen LogP contribution is -2.30. The molecule has 0 saturated heterocycles. The monoisotopic (exact) mass is 292 g/mol. The van der Waals surface area contributed by atoms with Crippen LogP contribution in [-0.4, -0.2) is 39.8 Å². The zero-order valence-electron chi connectivity index (χ0n) is 12.8. The highest BCUT2D eigenvalue weighted by atomic mass is 16.5. The number of carbonyl (C=O) groups excluding carboxylic acids is 1. The molecule has 1 unspecified atom stereocenters. The molecule has 2 rings (SSSR count). The van der Waals surface area contributed by atoms with E-state index < -0.39 is 0 Å². The topological polar surface area (TPSA) is 59.6 Å². The van der Waals surface area contributed by atoms with Gasteiger partial charge in [0.2, 0.25) is 0 Å². The van der Waals surface area contributed by atoms with Crippen LogP contribution < -0.4 is 15.4 Å². The number of ether oxygens (including phenoxy) is 2. The van der Waals surface area contributed by atoms with Gasteiger partial charge < -0.3 is 20.1 Å². The lowest BCUT2D eigenvalue weighted by Gasteiger charge is -2.11. The predicted octanol–water partition coefficient (Wildman–Crippen LogP) is 1.42. The minimum absolute atomic E-state index is 0.0568. The molecule has 0 fully saturated rings. The minimum atomic E-state index is -0.0975. The number of hydrogen-bond donors (Lipinski definition) is 2. The summed E-state index contributed by atoms with van der Waals surface area (Å²) in [4.78, 5) is 11.6. The van der Waals surface area contributed by atoms with Crippen LogP contribution in [0.5, 0.6) is 5.75 Å². The number of carbonyl (C=O) groups is 1. The molecule has 1 amide bonds. The fraction of sp³-hybridized carbons (Fsp3) is 0.562. The van der Waals surface area contributed by atoms with Crippen LogP contribution in [0.3, 0.4) is 0 Å². The summed E-state index contributed by atoms with van der Waals surface area (Å²) < 4.78 is 10.5. The molecule has 0 heterocycles. The Hall–Kier alpha value is -1.59. The third-order valence-corrected chi connectivity index (χ3v) is 3.76. The number of benzene rings is 1. The van der Waals surface area contributed by atoms with E-state index in [4.69, 9.17) is 9.47 Å². The molecule has 1 aliphatic carbocycles. The number of aryl methyl sites for hydroxylation is 1. The van der Waals surface area contributed by atoms with E-state index in [9.17, 15) is 4.79 Å². The number of fused-ring (bicyclic) bond motifs is 1. The second-order valence-electron chi connectivity index (χ2n) is 5.23. The van der Waals surface area contributed by atoms with Gasteiger partial charge in [0.1, 0.15) is 5.75 Å². The molecule has 116 valence electrons. The van der Waals surface area contributed by atoms with Crippen molar-refractivity contribution in [2.75, 3.05) is 33.9 Å². The predicted molar refractivity (Wildman–Crippen MR) is 81.6 cm³/mol. The fourth-order valence-corrected chi connectivity index (χ4v) is 2.63. The Morgan fingerprint density at radius 3 is 3.05 bits per heavy atom. The Morgan fingerprint density at radius 1 is 1.43 bits per heavy atom. The van der Waals surface area contributed by atoms with Crippen molar-refractivity contribution in [1.82, 2.24) is 10.6 Å². The summed E-state index contributed by atoms with van der Waals surface area (Å²) >= 11 is 0. The molecule has 1 aromatic carbocycles. The van der Waals surface area contributed by atoms with Crippen molar-refractivity contribution in [3.63, 3.8) is 0 Å². The SMILES string of the molecule is CNC1CCc2cc(OCC(=O)NCCCOC)ccc21. The third kappa shape index (κ3) is 4.44. The summed E-state index contributed by atoms with van der Waals surface area (Å²) in [7, 11) is 3.63. The summed E-state index contributed by atoms with van der Waals surface area (Å²) in [5.74, 6) is 0.664. The number of rotatable bonds is 8. The van der Waals surface area contributed by atoms with Crippen molar-refractivity contribution in [1.29, 1.82) is 0 Å². The maximum Gasteiger partial charge on any atom is 0.257 e. The van der Waals surface area contributed by atoms with Crippen molar-refractivity contribution in [3.05, 3.63) is 29.3 Å². The molecule has 0 spiro atoms. The summed E-state index contributed by atoms with van der Waals surface area (Å²) in [6, 6.07) is 6.52. The van der Waals surface area contributed by atoms with E-state index in [0.717, 1.165) is 25.0 Å². The van der Waals surface area contributed by atoms with Crippen molar-refractivity contribution >= 4 is 5.91 Å². The van der Waals surface area contributed by atoms with Gasteiger partial charge in [0.25, 0.3) is 5.91 Å². The molecule has 5 nitrogen and oxygen atoms in total. The fourth-order valence-electron chi connectivity index (χ4n) is 2.63. The quantitative estimate of drug-likeness (QED) is 0.712. The Morgan fingerprint density at radius 2 is 2.29 bits per heavy atom. The van der Waals surface area contributed by atoms with E-state index in [-0.39, 0.29) is 12.5 Å².